The van der Waals surface area contributed by atoms with Gasteiger partial charge in [0.25, 0.3) is 0 Å². The highest BCUT2D eigenvalue weighted by molar-refractivity contribution is 7.89. The second-order valence-electron chi connectivity index (χ2n) is 3.24. The van der Waals surface area contributed by atoms with E-state index in [1.54, 1.807) is 0 Å². The van der Waals surface area contributed by atoms with Gasteiger partial charge in [-0.25, -0.2) is 8.42 Å². The van der Waals surface area contributed by atoms with Crippen LogP contribution >= 0.6 is 0 Å². The predicted molar refractivity (Wildman–Crippen MR) is 48.0 cm³/mol. The number of aliphatic hydroxyl groups is 1. The van der Waals surface area contributed by atoms with E-state index in [9.17, 15) is 13.5 Å². The van der Waals surface area contributed by atoms with E-state index in [4.69, 9.17) is 0 Å². The van der Waals surface area contributed by atoms with Crippen LogP contribution in [0.5, 0.6) is 0 Å². The molecule has 1 aliphatic heterocycles. The van der Waals surface area contributed by atoms with Crippen LogP contribution in [0.3, 0.4) is 0 Å². The topological polar surface area (TPSA) is 86.3 Å². The monoisotopic (exact) mass is 217 g/mol. The number of hydrogen-bond donors (Lipinski definition) is 2. The Labute approximate surface area is 81.6 Å². The first-order valence-corrected chi connectivity index (χ1v) is 5.72. The molecule has 6 nitrogen and oxygen atoms in total. The fraction of sp³-hybridized carbons (Fsp3) is 0.571. The molecule has 1 saturated heterocycles. The van der Waals surface area contributed by atoms with Gasteiger partial charge >= 0.3 is 0 Å². The van der Waals surface area contributed by atoms with Crippen LogP contribution < -0.4 is 0 Å². The Morgan fingerprint density at radius 3 is 2.93 bits per heavy atom. The van der Waals surface area contributed by atoms with Gasteiger partial charge in [0.15, 0.2) is 0 Å². The van der Waals surface area contributed by atoms with E-state index in [2.05, 4.69) is 10.2 Å². The molecular weight excluding hydrogens is 206 g/mol. The maximum Gasteiger partial charge on any atom is 0.246 e. The van der Waals surface area contributed by atoms with Crippen molar-refractivity contribution < 1.29 is 13.5 Å². The summed E-state index contributed by atoms with van der Waals surface area (Å²) in [5.74, 6) is 0. The Balaban J connectivity index is 2.26. The zero-order chi connectivity index (χ0) is 10.2. The summed E-state index contributed by atoms with van der Waals surface area (Å²) in [5.41, 5.74) is 0. The predicted octanol–water partition coefficient (Wildman–Crippen LogP) is -0.835. The van der Waals surface area contributed by atoms with Crippen LogP contribution in [0.4, 0.5) is 0 Å². The average molecular weight is 217 g/mol. The first-order chi connectivity index (χ1) is 6.60. The smallest absolute Gasteiger partial charge is 0.246 e. The van der Waals surface area contributed by atoms with E-state index >= 15 is 0 Å². The minimum Gasteiger partial charge on any atom is -0.392 e. The van der Waals surface area contributed by atoms with Crippen molar-refractivity contribution in [2.75, 3.05) is 13.1 Å². The van der Waals surface area contributed by atoms with Gasteiger partial charge in [0.05, 0.1) is 12.3 Å². The minimum absolute atomic E-state index is 0.145. The van der Waals surface area contributed by atoms with Crippen molar-refractivity contribution in [2.24, 2.45) is 0 Å². The lowest BCUT2D eigenvalue weighted by Gasteiger charge is -2.13. The Kier molecular flexibility index (Phi) is 2.30. The van der Waals surface area contributed by atoms with E-state index in [0.717, 1.165) is 0 Å². The second-order valence-corrected chi connectivity index (χ2v) is 5.18. The maximum atomic E-state index is 11.8. The summed E-state index contributed by atoms with van der Waals surface area (Å²) in [6.45, 7) is 0.544. The Morgan fingerprint density at radius 2 is 2.43 bits per heavy atom. The number of H-pyrrole nitrogens is 1. The fourth-order valence-corrected chi connectivity index (χ4v) is 2.86. The summed E-state index contributed by atoms with van der Waals surface area (Å²) in [5, 5.41) is 15.3. The summed E-state index contributed by atoms with van der Waals surface area (Å²) in [4.78, 5) is 0.145. The van der Waals surface area contributed by atoms with Crippen molar-refractivity contribution in [1.29, 1.82) is 0 Å². The number of nitrogens with zero attached hydrogens (tertiary/aromatic N) is 2. The number of nitrogens with one attached hydrogen (secondary N) is 1. The van der Waals surface area contributed by atoms with Crippen molar-refractivity contribution >= 4 is 10.0 Å². The lowest BCUT2D eigenvalue weighted by molar-refractivity contribution is 0.189. The lowest BCUT2D eigenvalue weighted by Crippen LogP contribution is -2.29. The van der Waals surface area contributed by atoms with Crippen LogP contribution in [0.15, 0.2) is 17.3 Å². The van der Waals surface area contributed by atoms with Gasteiger partial charge in [0.2, 0.25) is 10.0 Å². The highest BCUT2D eigenvalue weighted by Crippen LogP contribution is 2.19. The first kappa shape index (κ1) is 9.63. The fourth-order valence-electron chi connectivity index (χ4n) is 1.46. The molecule has 0 aromatic carbocycles. The van der Waals surface area contributed by atoms with Crippen LogP contribution in [-0.2, 0) is 10.0 Å². The van der Waals surface area contributed by atoms with Crippen molar-refractivity contribution in [3.8, 4) is 0 Å². The number of aromatic amines is 1. The molecule has 2 N–H and O–H groups in total. The van der Waals surface area contributed by atoms with Crippen molar-refractivity contribution in [1.82, 2.24) is 14.5 Å². The number of aromatic nitrogens is 2. The molecule has 78 valence electrons. The molecule has 1 aromatic rings. The van der Waals surface area contributed by atoms with Gasteiger partial charge in [0, 0.05) is 19.3 Å². The van der Waals surface area contributed by atoms with Crippen molar-refractivity contribution in [3.05, 3.63) is 12.4 Å². The van der Waals surface area contributed by atoms with Gasteiger partial charge in [-0.1, -0.05) is 0 Å². The molecule has 0 saturated carbocycles. The van der Waals surface area contributed by atoms with Crippen LogP contribution in [0.25, 0.3) is 0 Å². The largest absolute Gasteiger partial charge is 0.392 e. The molecule has 2 heterocycles. The molecule has 1 atom stereocenters. The summed E-state index contributed by atoms with van der Waals surface area (Å²) in [6, 6.07) is 0. The van der Waals surface area contributed by atoms with Crippen LogP contribution in [0, 0.1) is 0 Å². The molecule has 1 aromatic heterocycles. The molecular formula is C7H11N3O3S. The molecule has 0 amide bonds. The van der Waals surface area contributed by atoms with Crippen molar-refractivity contribution in [2.45, 2.75) is 17.4 Å². The van der Waals surface area contributed by atoms with Crippen LogP contribution in [0.2, 0.25) is 0 Å². The van der Waals surface area contributed by atoms with Gasteiger partial charge in [-0.2, -0.15) is 9.40 Å². The van der Waals surface area contributed by atoms with E-state index in [1.807, 2.05) is 0 Å². The number of aliphatic hydroxyl groups excluding tert-OH is 1. The number of sulfonamides is 1. The number of β-amino-alcohol motifs (C(OH)–C–C–N with tert-alkyl or cyclic N) is 1. The standard InChI is InChI=1S/C7H11N3O3S/c11-6-1-2-10(5-6)14(12,13)7-3-8-9-4-7/h3-4,6,11H,1-2,5H2,(H,8,9). The summed E-state index contributed by atoms with van der Waals surface area (Å²) >= 11 is 0. The number of hydrogen-bond acceptors (Lipinski definition) is 4. The molecule has 0 bridgehead atoms. The number of rotatable bonds is 2. The van der Waals surface area contributed by atoms with E-state index in [0.29, 0.717) is 13.0 Å². The summed E-state index contributed by atoms with van der Waals surface area (Å²) in [6.07, 6.45) is 2.55. The van der Waals surface area contributed by atoms with Crippen LogP contribution in [-0.4, -0.2) is 47.2 Å². The van der Waals surface area contributed by atoms with E-state index < -0.39 is 16.1 Å². The van der Waals surface area contributed by atoms with Gasteiger partial charge in [-0.05, 0) is 6.42 Å². The molecule has 0 aliphatic carbocycles. The molecule has 1 fully saturated rings. The van der Waals surface area contributed by atoms with Gasteiger partial charge in [0.1, 0.15) is 4.90 Å². The lowest BCUT2D eigenvalue weighted by atomic mass is 10.3. The molecule has 2 rings (SSSR count). The summed E-state index contributed by atoms with van der Waals surface area (Å²) in [7, 11) is -3.45. The van der Waals surface area contributed by atoms with Gasteiger partial charge in [-0.3, -0.25) is 5.10 Å². The Morgan fingerprint density at radius 1 is 1.64 bits per heavy atom. The quantitative estimate of drug-likeness (QED) is 0.676. The molecule has 14 heavy (non-hydrogen) atoms. The second kappa shape index (κ2) is 3.34. The first-order valence-electron chi connectivity index (χ1n) is 4.28. The third-order valence-corrected chi connectivity index (χ3v) is 4.07. The molecule has 0 spiro atoms. The van der Waals surface area contributed by atoms with E-state index in [1.165, 1.54) is 16.7 Å². The maximum absolute atomic E-state index is 11.8. The minimum atomic E-state index is -3.45. The van der Waals surface area contributed by atoms with Gasteiger partial charge < -0.3 is 5.11 Å². The zero-order valence-corrected chi connectivity index (χ0v) is 8.24. The van der Waals surface area contributed by atoms with E-state index in [-0.39, 0.29) is 11.4 Å². The molecule has 0 radical (unpaired) electrons. The third kappa shape index (κ3) is 1.54. The summed E-state index contributed by atoms with van der Waals surface area (Å²) < 4.78 is 24.9. The SMILES string of the molecule is O=S(=O)(c1cn[nH]c1)N1CCC(O)C1. The highest BCUT2D eigenvalue weighted by Gasteiger charge is 2.31. The van der Waals surface area contributed by atoms with Crippen LogP contribution in [0.1, 0.15) is 6.42 Å². The zero-order valence-electron chi connectivity index (χ0n) is 7.42. The highest BCUT2D eigenvalue weighted by atomic mass is 32.2. The molecule has 1 aliphatic rings. The Bertz CT molecular complexity index is 400. The molecule has 1 unspecified atom stereocenters. The molecule has 7 heteroatoms. The third-order valence-electron chi connectivity index (χ3n) is 2.24. The Hall–Kier alpha value is -0.920. The van der Waals surface area contributed by atoms with Gasteiger partial charge in [-0.15, -0.1) is 0 Å². The average Bonchev–Trinajstić information content (AvgIpc) is 2.72. The normalized spacial score (nSPS) is 24.2. The van der Waals surface area contributed by atoms with Crippen molar-refractivity contribution in [3.63, 3.8) is 0 Å².